The van der Waals surface area contributed by atoms with E-state index in [4.69, 9.17) is 5.73 Å². The molecule has 3 heteroatoms. The molecule has 1 fully saturated rings. The average Bonchev–Trinajstić information content (AvgIpc) is 2.86. The van der Waals surface area contributed by atoms with Crippen molar-refractivity contribution in [2.45, 2.75) is 37.8 Å². The second-order valence-corrected chi connectivity index (χ2v) is 5.27. The van der Waals surface area contributed by atoms with Crippen LogP contribution in [0.3, 0.4) is 0 Å². The average molecular weight is 248 g/mol. The van der Waals surface area contributed by atoms with E-state index in [1.54, 1.807) is 0 Å². The zero-order valence-corrected chi connectivity index (χ0v) is 10.9. The van der Waals surface area contributed by atoms with E-state index in [1.807, 2.05) is 18.2 Å². The van der Waals surface area contributed by atoms with E-state index >= 15 is 0 Å². The summed E-state index contributed by atoms with van der Waals surface area (Å²) in [6.07, 6.45) is 4.54. The van der Waals surface area contributed by atoms with E-state index in [2.05, 4.69) is 17.4 Å². The molecule has 18 heavy (non-hydrogen) atoms. The maximum Gasteiger partial charge on any atom is 0.0587 e. The van der Waals surface area contributed by atoms with E-state index in [0.717, 1.165) is 13.0 Å². The normalized spacial score (nSPS) is 25.2. The van der Waals surface area contributed by atoms with Gasteiger partial charge < -0.3 is 16.2 Å². The first-order chi connectivity index (χ1) is 8.83. The SMILES string of the molecule is NCC1CCCC1NC(CO)Cc1ccccc1. The maximum atomic E-state index is 9.51. The molecule has 1 aromatic rings. The molecule has 100 valence electrons. The first kappa shape index (κ1) is 13.5. The molecule has 0 heterocycles. The van der Waals surface area contributed by atoms with E-state index in [1.165, 1.54) is 24.8 Å². The maximum absolute atomic E-state index is 9.51. The fourth-order valence-electron chi connectivity index (χ4n) is 2.92. The fourth-order valence-corrected chi connectivity index (χ4v) is 2.92. The molecular formula is C15H24N2O. The molecular weight excluding hydrogens is 224 g/mol. The van der Waals surface area contributed by atoms with Crippen LogP contribution in [0.25, 0.3) is 0 Å². The van der Waals surface area contributed by atoms with Gasteiger partial charge in [0.25, 0.3) is 0 Å². The Kier molecular flexibility index (Phi) is 5.17. The van der Waals surface area contributed by atoms with E-state index in [0.29, 0.717) is 12.0 Å². The Labute approximate surface area is 109 Å². The summed E-state index contributed by atoms with van der Waals surface area (Å²) in [7, 11) is 0. The zero-order chi connectivity index (χ0) is 12.8. The Hall–Kier alpha value is -0.900. The molecule has 1 aliphatic rings. The van der Waals surface area contributed by atoms with Crippen LogP contribution in [0.4, 0.5) is 0 Å². The Morgan fingerprint density at radius 3 is 2.72 bits per heavy atom. The summed E-state index contributed by atoms with van der Waals surface area (Å²) >= 11 is 0. The molecule has 0 aromatic heterocycles. The van der Waals surface area contributed by atoms with Crippen LogP contribution in [-0.2, 0) is 6.42 Å². The summed E-state index contributed by atoms with van der Waals surface area (Å²) in [5.74, 6) is 0.579. The number of hydrogen-bond acceptors (Lipinski definition) is 3. The van der Waals surface area contributed by atoms with Gasteiger partial charge in [-0.2, -0.15) is 0 Å². The highest BCUT2D eigenvalue weighted by molar-refractivity contribution is 5.16. The molecule has 0 saturated heterocycles. The van der Waals surface area contributed by atoms with Crippen molar-refractivity contribution in [2.75, 3.05) is 13.2 Å². The number of aliphatic hydroxyl groups is 1. The number of benzene rings is 1. The van der Waals surface area contributed by atoms with Gasteiger partial charge in [-0.3, -0.25) is 0 Å². The number of hydrogen-bond donors (Lipinski definition) is 3. The molecule has 0 bridgehead atoms. The second kappa shape index (κ2) is 6.88. The lowest BCUT2D eigenvalue weighted by atomic mass is 10.0. The monoisotopic (exact) mass is 248 g/mol. The lowest BCUT2D eigenvalue weighted by molar-refractivity contribution is 0.220. The molecule has 0 aliphatic heterocycles. The lowest BCUT2D eigenvalue weighted by Crippen LogP contribution is -2.45. The van der Waals surface area contributed by atoms with Crippen molar-refractivity contribution in [2.24, 2.45) is 11.7 Å². The van der Waals surface area contributed by atoms with E-state index in [-0.39, 0.29) is 12.6 Å². The Bertz CT molecular complexity index is 342. The first-order valence-corrected chi connectivity index (χ1v) is 6.94. The van der Waals surface area contributed by atoms with E-state index in [9.17, 15) is 5.11 Å². The lowest BCUT2D eigenvalue weighted by Gasteiger charge is -2.25. The molecule has 3 atom stereocenters. The molecule has 3 nitrogen and oxygen atoms in total. The number of aliphatic hydroxyl groups excluding tert-OH is 1. The molecule has 1 saturated carbocycles. The predicted molar refractivity (Wildman–Crippen MR) is 74.3 cm³/mol. The van der Waals surface area contributed by atoms with Crippen molar-refractivity contribution >= 4 is 0 Å². The van der Waals surface area contributed by atoms with Gasteiger partial charge in [0.2, 0.25) is 0 Å². The standard InChI is InChI=1S/C15H24N2O/c16-10-13-7-4-8-15(13)17-14(11-18)9-12-5-2-1-3-6-12/h1-3,5-6,13-15,17-18H,4,7-11,16H2. The summed E-state index contributed by atoms with van der Waals surface area (Å²) in [6, 6.07) is 11.0. The number of nitrogens with two attached hydrogens (primary N) is 1. The topological polar surface area (TPSA) is 58.3 Å². The van der Waals surface area contributed by atoms with Crippen LogP contribution < -0.4 is 11.1 Å². The second-order valence-electron chi connectivity index (χ2n) is 5.27. The van der Waals surface area contributed by atoms with Gasteiger partial charge in [-0.25, -0.2) is 0 Å². The summed E-state index contributed by atoms with van der Waals surface area (Å²) in [4.78, 5) is 0. The highest BCUT2D eigenvalue weighted by atomic mass is 16.3. The minimum Gasteiger partial charge on any atom is -0.395 e. The molecule has 3 unspecified atom stereocenters. The quantitative estimate of drug-likeness (QED) is 0.711. The number of rotatable bonds is 6. The molecule has 0 radical (unpaired) electrons. The Morgan fingerprint density at radius 1 is 1.28 bits per heavy atom. The van der Waals surface area contributed by atoms with Crippen molar-refractivity contribution in [3.63, 3.8) is 0 Å². The van der Waals surface area contributed by atoms with Crippen molar-refractivity contribution < 1.29 is 5.11 Å². The van der Waals surface area contributed by atoms with Crippen molar-refractivity contribution in [1.82, 2.24) is 5.32 Å². The van der Waals surface area contributed by atoms with Gasteiger partial charge in [0.15, 0.2) is 0 Å². The number of nitrogens with one attached hydrogen (secondary N) is 1. The molecule has 1 aliphatic carbocycles. The van der Waals surface area contributed by atoms with Crippen LogP contribution in [0.15, 0.2) is 30.3 Å². The highest BCUT2D eigenvalue weighted by Crippen LogP contribution is 2.25. The Balaban J connectivity index is 1.89. The van der Waals surface area contributed by atoms with Crippen LogP contribution >= 0.6 is 0 Å². The zero-order valence-electron chi connectivity index (χ0n) is 10.9. The van der Waals surface area contributed by atoms with Crippen LogP contribution in [0, 0.1) is 5.92 Å². The summed E-state index contributed by atoms with van der Waals surface area (Å²) in [5.41, 5.74) is 7.06. The third kappa shape index (κ3) is 3.55. The Morgan fingerprint density at radius 2 is 2.06 bits per heavy atom. The minimum atomic E-state index is 0.143. The van der Waals surface area contributed by atoms with Crippen molar-refractivity contribution in [3.05, 3.63) is 35.9 Å². The summed E-state index contributed by atoms with van der Waals surface area (Å²) in [6.45, 7) is 0.934. The van der Waals surface area contributed by atoms with Crippen LogP contribution in [0.1, 0.15) is 24.8 Å². The van der Waals surface area contributed by atoms with Crippen molar-refractivity contribution in [3.8, 4) is 0 Å². The van der Waals surface area contributed by atoms with Gasteiger partial charge in [0.1, 0.15) is 0 Å². The van der Waals surface area contributed by atoms with Gasteiger partial charge in [0, 0.05) is 12.1 Å². The molecule has 1 aromatic carbocycles. The highest BCUT2D eigenvalue weighted by Gasteiger charge is 2.27. The minimum absolute atomic E-state index is 0.143. The third-order valence-electron chi connectivity index (χ3n) is 3.96. The van der Waals surface area contributed by atoms with Gasteiger partial charge in [-0.05, 0) is 37.3 Å². The molecule has 2 rings (SSSR count). The first-order valence-electron chi connectivity index (χ1n) is 6.94. The van der Waals surface area contributed by atoms with Crippen molar-refractivity contribution in [1.29, 1.82) is 0 Å². The van der Waals surface area contributed by atoms with Gasteiger partial charge in [-0.1, -0.05) is 36.8 Å². The van der Waals surface area contributed by atoms with Gasteiger partial charge in [0.05, 0.1) is 6.61 Å². The smallest absolute Gasteiger partial charge is 0.0587 e. The predicted octanol–water partition coefficient (Wildman–Crippen LogP) is 1.31. The summed E-state index contributed by atoms with van der Waals surface area (Å²) < 4.78 is 0. The largest absolute Gasteiger partial charge is 0.395 e. The van der Waals surface area contributed by atoms with Gasteiger partial charge >= 0.3 is 0 Å². The molecule has 4 N–H and O–H groups in total. The van der Waals surface area contributed by atoms with E-state index < -0.39 is 0 Å². The molecule has 0 spiro atoms. The summed E-state index contributed by atoms with van der Waals surface area (Å²) in [5, 5.41) is 13.1. The van der Waals surface area contributed by atoms with Crippen LogP contribution in [0.2, 0.25) is 0 Å². The van der Waals surface area contributed by atoms with Crippen LogP contribution in [0.5, 0.6) is 0 Å². The third-order valence-corrected chi connectivity index (χ3v) is 3.96. The molecule has 0 amide bonds. The van der Waals surface area contributed by atoms with Gasteiger partial charge in [-0.15, -0.1) is 0 Å². The fraction of sp³-hybridized carbons (Fsp3) is 0.600. The van der Waals surface area contributed by atoms with Crippen LogP contribution in [-0.4, -0.2) is 30.3 Å².